The Morgan fingerprint density at radius 2 is 1.91 bits per heavy atom. The molecule has 2 aliphatic rings. The summed E-state index contributed by atoms with van der Waals surface area (Å²) < 4.78 is 23.3. The minimum absolute atomic E-state index is 0.477. The van der Waals surface area contributed by atoms with Gasteiger partial charge in [-0.15, -0.1) is 0 Å². The maximum atomic E-state index is 6.12. The minimum atomic E-state index is 0.477. The third kappa shape index (κ3) is 5.13. The number of aromatic nitrogens is 2. The fraction of sp³-hybridized carbons (Fsp3) is 0.481. The van der Waals surface area contributed by atoms with E-state index in [4.69, 9.17) is 18.9 Å². The SMILES string of the molecule is CNc1ccc(Oc2ncnc3cc(OCCCN4CCC5(CC4)COC5)c(OC)cc23)cc1C. The Balaban J connectivity index is 1.23. The molecule has 1 aromatic heterocycles. The van der Waals surface area contributed by atoms with Crippen LogP contribution in [0.2, 0.25) is 0 Å². The number of anilines is 1. The number of likely N-dealkylation sites (tertiary alicyclic amines) is 1. The molecule has 2 aliphatic heterocycles. The molecule has 3 aromatic rings. The Morgan fingerprint density at radius 3 is 2.60 bits per heavy atom. The second-order valence-electron chi connectivity index (χ2n) is 9.56. The minimum Gasteiger partial charge on any atom is -0.493 e. The van der Waals surface area contributed by atoms with Gasteiger partial charge in [0.15, 0.2) is 11.5 Å². The number of aryl methyl sites for hydroxylation is 1. The second kappa shape index (κ2) is 10.3. The van der Waals surface area contributed by atoms with Crippen molar-refractivity contribution >= 4 is 16.6 Å². The molecule has 0 saturated carbocycles. The van der Waals surface area contributed by atoms with Crippen LogP contribution >= 0.6 is 0 Å². The van der Waals surface area contributed by atoms with Crippen molar-refractivity contribution < 1.29 is 18.9 Å². The number of ether oxygens (including phenoxy) is 4. The molecule has 8 heteroatoms. The van der Waals surface area contributed by atoms with Crippen molar-refractivity contribution in [3.8, 4) is 23.1 Å². The molecule has 0 bridgehead atoms. The fourth-order valence-electron chi connectivity index (χ4n) is 4.89. The quantitative estimate of drug-likeness (QED) is 0.445. The number of nitrogens with zero attached hydrogens (tertiary/aromatic N) is 3. The van der Waals surface area contributed by atoms with E-state index < -0.39 is 0 Å². The van der Waals surface area contributed by atoms with Crippen LogP contribution in [0.15, 0.2) is 36.7 Å². The van der Waals surface area contributed by atoms with E-state index in [1.165, 1.54) is 19.2 Å². The van der Waals surface area contributed by atoms with Crippen molar-refractivity contribution in [2.75, 3.05) is 58.9 Å². The summed E-state index contributed by atoms with van der Waals surface area (Å²) in [4.78, 5) is 11.3. The van der Waals surface area contributed by atoms with Gasteiger partial charge in [-0.2, -0.15) is 0 Å². The van der Waals surface area contributed by atoms with Crippen molar-refractivity contribution in [2.24, 2.45) is 5.41 Å². The van der Waals surface area contributed by atoms with Gasteiger partial charge in [0.25, 0.3) is 0 Å². The van der Waals surface area contributed by atoms with E-state index in [0.29, 0.717) is 35.2 Å². The van der Waals surface area contributed by atoms with Crippen LogP contribution in [0.5, 0.6) is 23.1 Å². The highest BCUT2D eigenvalue weighted by Crippen LogP contribution is 2.39. The van der Waals surface area contributed by atoms with Crippen molar-refractivity contribution in [1.82, 2.24) is 14.9 Å². The van der Waals surface area contributed by atoms with Gasteiger partial charge in [0.05, 0.1) is 37.8 Å². The summed E-state index contributed by atoms with van der Waals surface area (Å²) in [7, 11) is 3.55. The van der Waals surface area contributed by atoms with Crippen LogP contribution < -0.4 is 19.5 Å². The van der Waals surface area contributed by atoms with Crippen LogP contribution in [-0.2, 0) is 4.74 Å². The molecule has 2 saturated heterocycles. The standard InChI is InChI=1S/C27H34N4O4/c1-19-13-20(5-6-22(19)28-2)35-26-21-14-24(32-3)25(15-23(21)29-18-30-26)34-12-4-9-31-10-7-27(8-11-31)16-33-17-27/h5-6,13-15,18,28H,4,7-12,16-17H2,1-3H3. The number of rotatable bonds is 9. The fourth-order valence-corrected chi connectivity index (χ4v) is 4.89. The van der Waals surface area contributed by atoms with E-state index in [1.807, 2.05) is 44.3 Å². The average Bonchev–Trinajstić information content (AvgIpc) is 2.86. The largest absolute Gasteiger partial charge is 0.493 e. The van der Waals surface area contributed by atoms with Gasteiger partial charge >= 0.3 is 0 Å². The zero-order valence-electron chi connectivity index (χ0n) is 20.8. The van der Waals surface area contributed by atoms with Crippen molar-refractivity contribution in [2.45, 2.75) is 26.2 Å². The molecular formula is C27H34N4O4. The lowest BCUT2D eigenvalue weighted by Gasteiger charge is -2.47. The van der Waals surface area contributed by atoms with E-state index in [-0.39, 0.29) is 0 Å². The zero-order valence-corrected chi connectivity index (χ0v) is 20.8. The summed E-state index contributed by atoms with van der Waals surface area (Å²) in [5, 5.41) is 3.94. The van der Waals surface area contributed by atoms with E-state index in [2.05, 4.69) is 20.2 Å². The summed E-state index contributed by atoms with van der Waals surface area (Å²) in [6, 6.07) is 9.68. The zero-order chi connectivity index (χ0) is 24.3. The third-order valence-corrected chi connectivity index (χ3v) is 7.18. The van der Waals surface area contributed by atoms with Gasteiger partial charge in [0.1, 0.15) is 12.1 Å². The first-order valence-electron chi connectivity index (χ1n) is 12.3. The summed E-state index contributed by atoms with van der Waals surface area (Å²) in [5.74, 6) is 2.53. The first-order valence-corrected chi connectivity index (χ1v) is 12.3. The van der Waals surface area contributed by atoms with Crippen molar-refractivity contribution in [1.29, 1.82) is 0 Å². The number of hydrogen-bond donors (Lipinski definition) is 1. The topological polar surface area (TPSA) is 78.0 Å². The first kappa shape index (κ1) is 23.6. The summed E-state index contributed by atoms with van der Waals surface area (Å²) in [5.41, 5.74) is 3.38. The van der Waals surface area contributed by atoms with Crippen molar-refractivity contribution in [3.05, 3.63) is 42.2 Å². The molecule has 35 heavy (non-hydrogen) atoms. The number of fused-ring (bicyclic) bond motifs is 1. The lowest BCUT2D eigenvalue weighted by Crippen LogP contribution is -2.51. The third-order valence-electron chi connectivity index (χ3n) is 7.18. The van der Waals surface area contributed by atoms with Crippen LogP contribution in [0.25, 0.3) is 10.9 Å². The van der Waals surface area contributed by atoms with Gasteiger partial charge in [-0.1, -0.05) is 0 Å². The number of benzene rings is 2. The first-order chi connectivity index (χ1) is 17.1. The molecule has 0 atom stereocenters. The Bertz CT molecular complexity index is 1170. The smallest absolute Gasteiger partial charge is 0.230 e. The van der Waals surface area contributed by atoms with Gasteiger partial charge < -0.3 is 29.2 Å². The number of methoxy groups -OCH3 is 1. The summed E-state index contributed by atoms with van der Waals surface area (Å²) >= 11 is 0. The molecule has 8 nitrogen and oxygen atoms in total. The van der Waals surface area contributed by atoms with Crippen LogP contribution in [0.1, 0.15) is 24.8 Å². The number of hydrogen-bond acceptors (Lipinski definition) is 8. The molecule has 186 valence electrons. The predicted octanol–water partition coefficient (Wildman–Crippen LogP) is 4.66. The van der Waals surface area contributed by atoms with E-state index in [9.17, 15) is 0 Å². The van der Waals surface area contributed by atoms with Gasteiger partial charge in [0.2, 0.25) is 5.88 Å². The van der Waals surface area contributed by atoms with Crippen LogP contribution in [0, 0.1) is 12.3 Å². The highest BCUT2D eigenvalue weighted by Gasteiger charge is 2.40. The molecule has 0 radical (unpaired) electrons. The molecule has 1 spiro atoms. The van der Waals surface area contributed by atoms with E-state index in [1.54, 1.807) is 7.11 Å². The Hall–Kier alpha value is -3.10. The van der Waals surface area contributed by atoms with Gasteiger partial charge in [-0.25, -0.2) is 9.97 Å². The highest BCUT2D eigenvalue weighted by molar-refractivity contribution is 5.87. The Kier molecular flexibility index (Phi) is 6.92. The molecule has 5 rings (SSSR count). The van der Waals surface area contributed by atoms with Crippen molar-refractivity contribution in [3.63, 3.8) is 0 Å². The van der Waals surface area contributed by atoms with Crippen LogP contribution in [0.4, 0.5) is 5.69 Å². The maximum absolute atomic E-state index is 6.12. The molecule has 0 amide bonds. The predicted molar refractivity (Wildman–Crippen MR) is 136 cm³/mol. The second-order valence-corrected chi connectivity index (χ2v) is 9.56. The monoisotopic (exact) mass is 478 g/mol. The van der Waals surface area contributed by atoms with E-state index >= 15 is 0 Å². The average molecular weight is 479 g/mol. The lowest BCUT2D eigenvalue weighted by atomic mass is 9.77. The summed E-state index contributed by atoms with van der Waals surface area (Å²) in [6.45, 7) is 7.90. The lowest BCUT2D eigenvalue weighted by molar-refractivity contribution is -0.139. The van der Waals surface area contributed by atoms with Gasteiger partial charge in [-0.3, -0.25) is 0 Å². The van der Waals surface area contributed by atoms with Gasteiger partial charge in [0, 0.05) is 30.8 Å². The molecule has 2 aromatic carbocycles. The van der Waals surface area contributed by atoms with E-state index in [0.717, 1.165) is 61.4 Å². The van der Waals surface area contributed by atoms with Crippen LogP contribution in [0.3, 0.4) is 0 Å². The molecule has 1 N–H and O–H groups in total. The summed E-state index contributed by atoms with van der Waals surface area (Å²) in [6.07, 6.45) is 4.97. The molecule has 2 fully saturated rings. The number of nitrogens with one attached hydrogen (secondary N) is 1. The Morgan fingerprint density at radius 1 is 1.09 bits per heavy atom. The number of piperidine rings is 1. The molecule has 0 aliphatic carbocycles. The highest BCUT2D eigenvalue weighted by atomic mass is 16.5. The normalized spacial score (nSPS) is 17.2. The molecule has 3 heterocycles. The van der Waals surface area contributed by atoms with Crippen LogP contribution in [-0.4, -0.2) is 68.5 Å². The molecular weight excluding hydrogens is 444 g/mol. The van der Waals surface area contributed by atoms with Gasteiger partial charge in [-0.05, 0) is 69.1 Å². The Labute approximate surface area is 206 Å². The maximum Gasteiger partial charge on any atom is 0.230 e. The molecule has 0 unspecified atom stereocenters.